The van der Waals surface area contributed by atoms with Crippen LogP contribution >= 0.6 is 0 Å². The lowest BCUT2D eigenvalue weighted by molar-refractivity contribution is 0.318. The second kappa shape index (κ2) is 5.53. The summed E-state index contributed by atoms with van der Waals surface area (Å²) in [5.41, 5.74) is 0. The number of halogens is 4. The quantitative estimate of drug-likeness (QED) is 0.383. The molecular formula is C8H8F4O. The lowest BCUT2D eigenvalue weighted by Crippen LogP contribution is -1.93. The number of hydrogen-bond donors (Lipinski definition) is 1. The molecule has 1 N–H and O–H groups in total. The molecule has 13 heavy (non-hydrogen) atoms. The molecule has 0 radical (unpaired) electrons. The van der Waals surface area contributed by atoms with Crippen LogP contribution in [-0.2, 0) is 0 Å². The molecule has 0 fully saturated rings. The van der Waals surface area contributed by atoms with Gasteiger partial charge in [0.15, 0.2) is 23.3 Å². The molecule has 0 aliphatic carbocycles. The molecule has 1 aromatic rings. The maximum absolute atomic E-state index is 12.0. The highest BCUT2D eigenvalue weighted by Crippen LogP contribution is 2.12. The summed E-state index contributed by atoms with van der Waals surface area (Å²) in [4.78, 5) is 0. The van der Waals surface area contributed by atoms with E-state index < -0.39 is 23.3 Å². The zero-order valence-electron chi connectivity index (χ0n) is 6.82. The van der Waals surface area contributed by atoms with Crippen LogP contribution in [-0.4, -0.2) is 11.7 Å². The van der Waals surface area contributed by atoms with Crippen LogP contribution in [0, 0.1) is 23.3 Å². The van der Waals surface area contributed by atoms with Crippen molar-refractivity contribution in [3.63, 3.8) is 0 Å². The van der Waals surface area contributed by atoms with Crippen LogP contribution in [0.2, 0.25) is 0 Å². The molecule has 0 saturated heterocycles. The second-order valence-corrected chi connectivity index (χ2v) is 1.97. The molecule has 1 nitrogen and oxygen atoms in total. The Labute approximate surface area is 72.6 Å². The van der Waals surface area contributed by atoms with Gasteiger partial charge in [0.25, 0.3) is 0 Å². The molecule has 0 amide bonds. The van der Waals surface area contributed by atoms with Crippen LogP contribution in [0.5, 0.6) is 0 Å². The predicted octanol–water partition coefficient (Wildman–Crippen LogP) is 2.24. The Hall–Kier alpha value is -1.10. The molecule has 1 aromatic carbocycles. The van der Waals surface area contributed by atoms with Crippen LogP contribution < -0.4 is 0 Å². The molecule has 0 bridgehead atoms. The van der Waals surface area contributed by atoms with E-state index in [0.717, 1.165) is 0 Å². The monoisotopic (exact) mass is 196 g/mol. The molecule has 1 rings (SSSR count). The maximum Gasteiger partial charge on any atom is 0.197 e. The van der Waals surface area contributed by atoms with Crippen molar-refractivity contribution in [3.8, 4) is 0 Å². The molecule has 0 aliphatic heterocycles. The van der Waals surface area contributed by atoms with Crippen LogP contribution in [0.25, 0.3) is 0 Å². The first-order chi connectivity index (χ1) is 6.04. The fraction of sp³-hybridized carbons (Fsp3) is 0.250. The van der Waals surface area contributed by atoms with Gasteiger partial charge in [-0.15, -0.1) is 0 Å². The topological polar surface area (TPSA) is 20.2 Å². The molecule has 0 aliphatic rings. The maximum atomic E-state index is 12.0. The van der Waals surface area contributed by atoms with Gasteiger partial charge in [0.2, 0.25) is 0 Å². The normalized spacial score (nSPS) is 9.08. The van der Waals surface area contributed by atoms with Gasteiger partial charge >= 0.3 is 0 Å². The first-order valence-corrected chi connectivity index (χ1v) is 3.44. The van der Waals surface area contributed by atoms with Crippen molar-refractivity contribution < 1.29 is 22.7 Å². The second-order valence-electron chi connectivity index (χ2n) is 1.97. The first-order valence-electron chi connectivity index (χ1n) is 3.44. The highest BCUT2D eigenvalue weighted by atomic mass is 19.2. The van der Waals surface area contributed by atoms with Gasteiger partial charge in [0.05, 0.1) is 0 Å². The van der Waals surface area contributed by atoms with Gasteiger partial charge in [-0.2, -0.15) is 0 Å². The van der Waals surface area contributed by atoms with Gasteiger partial charge in [-0.25, -0.2) is 17.6 Å². The molecule has 0 aromatic heterocycles. The van der Waals surface area contributed by atoms with E-state index in [2.05, 4.69) is 0 Å². The van der Waals surface area contributed by atoms with Gasteiger partial charge < -0.3 is 5.11 Å². The summed E-state index contributed by atoms with van der Waals surface area (Å²) in [7, 11) is 0. The van der Waals surface area contributed by atoms with E-state index in [1.54, 1.807) is 6.92 Å². The van der Waals surface area contributed by atoms with Crippen molar-refractivity contribution in [2.24, 2.45) is 0 Å². The van der Waals surface area contributed by atoms with Crippen molar-refractivity contribution in [1.82, 2.24) is 0 Å². The number of aliphatic hydroxyl groups is 1. The Bertz CT molecular complexity index is 248. The Morgan fingerprint density at radius 3 is 1.46 bits per heavy atom. The summed E-state index contributed by atoms with van der Waals surface area (Å²) in [5, 5.41) is 7.57. The van der Waals surface area contributed by atoms with E-state index in [1.807, 2.05) is 0 Å². The third-order valence-corrected chi connectivity index (χ3v) is 0.988. The Morgan fingerprint density at radius 1 is 1.00 bits per heavy atom. The van der Waals surface area contributed by atoms with E-state index in [0.29, 0.717) is 12.1 Å². The van der Waals surface area contributed by atoms with Crippen LogP contribution in [0.4, 0.5) is 17.6 Å². The lowest BCUT2D eigenvalue weighted by atomic mass is 10.3. The lowest BCUT2D eigenvalue weighted by Gasteiger charge is -1.93. The van der Waals surface area contributed by atoms with Crippen molar-refractivity contribution in [3.05, 3.63) is 35.4 Å². The summed E-state index contributed by atoms with van der Waals surface area (Å²) in [6.07, 6.45) is 0. The van der Waals surface area contributed by atoms with Crippen molar-refractivity contribution >= 4 is 0 Å². The minimum absolute atomic E-state index is 0.250. The zero-order chi connectivity index (χ0) is 10.4. The molecule has 0 saturated carbocycles. The van der Waals surface area contributed by atoms with Crippen LogP contribution in [0.15, 0.2) is 12.1 Å². The summed E-state index contributed by atoms with van der Waals surface area (Å²) in [6.45, 7) is 1.93. The number of aliphatic hydroxyl groups excluding tert-OH is 1. The van der Waals surface area contributed by atoms with E-state index in [-0.39, 0.29) is 6.61 Å². The van der Waals surface area contributed by atoms with E-state index in [1.165, 1.54) is 0 Å². The Balaban J connectivity index is 0.000000424. The molecule has 0 unspecified atom stereocenters. The average molecular weight is 196 g/mol. The predicted molar refractivity (Wildman–Crippen MR) is 39.0 cm³/mol. The highest BCUT2D eigenvalue weighted by molar-refractivity contribution is 5.10. The Morgan fingerprint density at radius 2 is 1.23 bits per heavy atom. The van der Waals surface area contributed by atoms with Crippen molar-refractivity contribution in [2.75, 3.05) is 6.61 Å². The van der Waals surface area contributed by atoms with Crippen molar-refractivity contribution in [2.45, 2.75) is 6.92 Å². The number of benzene rings is 1. The molecule has 0 heterocycles. The zero-order valence-corrected chi connectivity index (χ0v) is 6.82. The number of hydrogen-bond acceptors (Lipinski definition) is 1. The Kier molecular flexibility index (Phi) is 5.06. The highest BCUT2D eigenvalue weighted by Gasteiger charge is 2.11. The average Bonchev–Trinajstić information content (AvgIpc) is 2.10. The summed E-state index contributed by atoms with van der Waals surface area (Å²) < 4.78 is 48.0. The first kappa shape index (κ1) is 11.9. The van der Waals surface area contributed by atoms with E-state index in [9.17, 15) is 17.6 Å². The largest absolute Gasteiger partial charge is 0.397 e. The molecule has 0 atom stereocenters. The number of rotatable bonds is 0. The van der Waals surface area contributed by atoms with Gasteiger partial charge in [-0.3, -0.25) is 0 Å². The summed E-state index contributed by atoms with van der Waals surface area (Å²) in [6, 6.07) is 1.04. The molecule has 5 heteroatoms. The fourth-order valence-electron chi connectivity index (χ4n) is 0.502. The van der Waals surface area contributed by atoms with Gasteiger partial charge in [-0.1, -0.05) is 0 Å². The molecule has 74 valence electrons. The van der Waals surface area contributed by atoms with Gasteiger partial charge in [0.1, 0.15) is 0 Å². The van der Waals surface area contributed by atoms with E-state index in [4.69, 9.17) is 5.11 Å². The third kappa shape index (κ3) is 3.42. The molecule has 0 spiro atoms. The van der Waals surface area contributed by atoms with Crippen molar-refractivity contribution in [1.29, 1.82) is 0 Å². The standard InChI is InChI=1S/C6H2F4.C2H6O/c7-3-1-2-4(8)6(10)5(3)9;1-2-3/h1-2H;3H,2H2,1H3. The summed E-state index contributed by atoms with van der Waals surface area (Å²) in [5.74, 6) is -6.34. The SMILES string of the molecule is CCO.Fc1ccc(F)c(F)c1F. The van der Waals surface area contributed by atoms with Gasteiger partial charge in [0, 0.05) is 6.61 Å². The van der Waals surface area contributed by atoms with E-state index >= 15 is 0 Å². The fourth-order valence-corrected chi connectivity index (χ4v) is 0.502. The summed E-state index contributed by atoms with van der Waals surface area (Å²) >= 11 is 0. The third-order valence-electron chi connectivity index (χ3n) is 0.988. The van der Waals surface area contributed by atoms with Crippen LogP contribution in [0.3, 0.4) is 0 Å². The molecular weight excluding hydrogens is 188 g/mol. The minimum Gasteiger partial charge on any atom is -0.397 e. The van der Waals surface area contributed by atoms with Crippen LogP contribution in [0.1, 0.15) is 6.92 Å². The minimum atomic E-state index is -1.78. The van der Waals surface area contributed by atoms with Gasteiger partial charge in [-0.05, 0) is 19.1 Å². The smallest absolute Gasteiger partial charge is 0.197 e.